The van der Waals surface area contributed by atoms with E-state index >= 15 is 0 Å². The summed E-state index contributed by atoms with van der Waals surface area (Å²) in [6, 6.07) is 3.35. The van der Waals surface area contributed by atoms with Crippen LogP contribution in [0.15, 0.2) is 23.4 Å². The van der Waals surface area contributed by atoms with Gasteiger partial charge in [0.2, 0.25) is 0 Å². The van der Waals surface area contributed by atoms with Crippen LogP contribution in [0.4, 0.5) is 5.82 Å². The molecule has 0 radical (unpaired) electrons. The Balaban J connectivity index is 2.29. The van der Waals surface area contributed by atoms with E-state index in [1.807, 2.05) is 19.1 Å². The van der Waals surface area contributed by atoms with Gasteiger partial charge < -0.3 is 4.74 Å². The molecule has 0 aromatic carbocycles. The number of hydrazone groups is 1. The summed E-state index contributed by atoms with van der Waals surface area (Å²) in [7, 11) is 0. The van der Waals surface area contributed by atoms with Gasteiger partial charge in [0.05, 0.1) is 6.61 Å². The molecule has 2 rings (SSSR count). The fourth-order valence-corrected chi connectivity index (χ4v) is 2.28. The molecule has 96 valence electrons. The minimum absolute atomic E-state index is 0.277. The zero-order valence-electron chi connectivity index (χ0n) is 10.3. The first kappa shape index (κ1) is 13.0. The number of aromatic nitrogens is 1. The molecule has 1 aromatic rings. The van der Waals surface area contributed by atoms with Gasteiger partial charge in [0.1, 0.15) is 4.62 Å². The zero-order valence-corrected chi connectivity index (χ0v) is 11.8. The minimum Gasteiger partial charge on any atom is -0.464 e. The van der Waals surface area contributed by atoms with E-state index in [9.17, 15) is 4.79 Å². The second kappa shape index (κ2) is 5.48. The molecule has 2 heterocycles. The molecule has 1 aliphatic rings. The van der Waals surface area contributed by atoms with Crippen LogP contribution in [-0.2, 0) is 9.53 Å². The number of hydrogen-bond donors (Lipinski definition) is 0. The van der Waals surface area contributed by atoms with Crippen LogP contribution in [0.1, 0.15) is 18.9 Å². The molecule has 0 saturated heterocycles. The quantitative estimate of drug-likeness (QED) is 0.803. The maximum absolute atomic E-state index is 11.9. The fraction of sp³-hybridized carbons (Fsp3) is 0.417. The smallest absolute Gasteiger partial charge is 0.331 e. The monoisotopic (exact) mass is 311 g/mol. The Morgan fingerprint density at radius 2 is 2.44 bits per heavy atom. The third-order valence-electron chi connectivity index (χ3n) is 2.63. The third-order valence-corrected chi connectivity index (χ3v) is 3.11. The van der Waals surface area contributed by atoms with Crippen LogP contribution in [0.3, 0.4) is 0 Å². The van der Waals surface area contributed by atoms with Gasteiger partial charge in [-0.1, -0.05) is 6.07 Å². The largest absolute Gasteiger partial charge is 0.464 e. The summed E-state index contributed by atoms with van der Waals surface area (Å²) in [6.45, 7) is 4.09. The highest BCUT2D eigenvalue weighted by Crippen LogP contribution is 2.27. The molecule has 0 spiro atoms. The van der Waals surface area contributed by atoms with Gasteiger partial charge >= 0.3 is 5.97 Å². The topological polar surface area (TPSA) is 54.8 Å². The normalized spacial score (nSPS) is 18.7. The molecule has 0 saturated carbocycles. The van der Waals surface area contributed by atoms with Gasteiger partial charge in [0, 0.05) is 12.6 Å². The number of esters is 1. The van der Waals surface area contributed by atoms with Gasteiger partial charge in [0.15, 0.2) is 11.9 Å². The predicted molar refractivity (Wildman–Crippen MR) is 72.9 cm³/mol. The van der Waals surface area contributed by atoms with E-state index in [4.69, 9.17) is 4.74 Å². The molecule has 0 N–H and O–H groups in total. The van der Waals surface area contributed by atoms with Gasteiger partial charge in [-0.2, -0.15) is 5.10 Å². The van der Waals surface area contributed by atoms with E-state index in [1.54, 1.807) is 18.1 Å². The van der Waals surface area contributed by atoms with E-state index in [2.05, 4.69) is 26.0 Å². The summed E-state index contributed by atoms with van der Waals surface area (Å²) < 4.78 is 5.79. The molecule has 0 bridgehead atoms. The van der Waals surface area contributed by atoms with Crippen LogP contribution in [0, 0.1) is 6.92 Å². The maximum atomic E-state index is 11.9. The number of anilines is 1. The second-order valence-electron chi connectivity index (χ2n) is 3.94. The molecular weight excluding hydrogens is 298 g/mol. The molecule has 0 amide bonds. The summed E-state index contributed by atoms with van der Waals surface area (Å²) in [5.74, 6) is 0.408. The number of carbonyl (C=O) groups excluding carboxylic acids is 1. The van der Waals surface area contributed by atoms with Crippen LogP contribution < -0.4 is 5.01 Å². The molecule has 0 aliphatic carbocycles. The number of nitrogens with zero attached hydrogens (tertiary/aromatic N) is 3. The van der Waals surface area contributed by atoms with E-state index in [0.29, 0.717) is 18.8 Å². The van der Waals surface area contributed by atoms with Crippen molar-refractivity contribution in [2.75, 3.05) is 11.6 Å². The van der Waals surface area contributed by atoms with Crippen molar-refractivity contribution in [1.82, 2.24) is 4.98 Å². The van der Waals surface area contributed by atoms with Gasteiger partial charge in [0.25, 0.3) is 0 Å². The second-order valence-corrected chi connectivity index (χ2v) is 4.85. The Labute approximate surface area is 114 Å². The first-order valence-corrected chi connectivity index (χ1v) is 6.53. The number of rotatable bonds is 3. The molecule has 0 fully saturated rings. The molecule has 1 aliphatic heterocycles. The molecule has 1 aromatic heterocycles. The van der Waals surface area contributed by atoms with Crippen molar-refractivity contribution in [3.05, 3.63) is 23.9 Å². The molecule has 1 unspecified atom stereocenters. The van der Waals surface area contributed by atoms with Crippen molar-refractivity contribution in [3.63, 3.8) is 0 Å². The van der Waals surface area contributed by atoms with Gasteiger partial charge in [-0.15, -0.1) is 0 Å². The highest BCUT2D eigenvalue weighted by Gasteiger charge is 2.35. The van der Waals surface area contributed by atoms with Gasteiger partial charge in [-0.3, -0.25) is 0 Å². The van der Waals surface area contributed by atoms with E-state index in [1.165, 1.54) is 0 Å². The highest BCUT2D eigenvalue weighted by atomic mass is 79.9. The number of hydrogen-bond acceptors (Lipinski definition) is 5. The number of halogens is 1. The summed E-state index contributed by atoms with van der Waals surface area (Å²) in [6.07, 6.45) is 2.20. The van der Waals surface area contributed by atoms with Crippen LogP contribution in [0.5, 0.6) is 0 Å². The van der Waals surface area contributed by atoms with E-state index in [-0.39, 0.29) is 5.97 Å². The van der Waals surface area contributed by atoms with Crippen LogP contribution in [-0.4, -0.2) is 28.2 Å². The average molecular weight is 312 g/mol. The SMILES string of the molecule is CCOC(=O)C1CC(Br)=NN1c1ncccc1C. The first-order chi connectivity index (χ1) is 8.63. The van der Waals surface area contributed by atoms with Crippen molar-refractivity contribution in [2.45, 2.75) is 26.3 Å². The number of carbonyl (C=O) groups is 1. The number of ether oxygens (including phenoxy) is 1. The van der Waals surface area contributed by atoms with Crippen LogP contribution >= 0.6 is 15.9 Å². The maximum Gasteiger partial charge on any atom is 0.331 e. The zero-order chi connectivity index (χ0) is 13.1. The standard InChI is InChI=1S/C12H14BrN3O2/c1-3-18-12(17)9-7-10(13)15-16(9)11-8(2)5-4-6-14-11/h4-6,9H,3,7H2,1-2H3. The Kier molecular flexibility index (Phi) is 3.96. The Morgan fingerprint density at radius 1 is 1.67 bits per heavy atom. The van der Waals surface area contributed by atoms with Gasteiger partial charge in [-0.05, 0) is 41.4 Å². The molecule has 6 heteroatoms. The average Bonchev–Trinajstić information content (AvgIpc) is 2.72. The highest BCUT2D eigenvalue weighted by molar-refractivity contribution is 9.18. The third kappa shape index (κ3) is 2.53. The van der Waals surface area contributed by atoms with E-state index < -0.39 is 6.04 Å². The summed E-state index contributed by atoms with van der Waals surface area (Å²) >= 11 is 3.33. The lowest BCUT2D eigenvalue weighted by molar-refractivity contribution is -0.144. The summed E-state index contributed by atoms with van der Waals surface area (Å²) in [5.41, 5.74) is 0.970. The molecule has 5 nitrogen and oxygen atoms in total. The van der Waals surface area contributed by atoms with Crippen LogP contribution in [0.25, 0.3) is 0 Å². The van der Waals surface area contributed by atoms with Crippen LogP contribution in [0.2, 0.25) is 0 Å². The predicted octanol–water partition coefficient (Wildman–Crippen LogP) is 2.24. The Morgan fingerprint density at radius 3 is 3.11 bits per heavy atom. The Bertz CT molecular complexity index is 490. The van der Waals surface area contributed by atoms with Crippen molar-refractivity contribution in [1.29, 1.82) is 0 Å². The van der Waals surface area contributed by atoms with Crippen molar-refractivity contribution in [3.8, 4) is 0 Å². The Hall–Kier alpha value is -1.43. The summed E-state index contributed by atoms with van der Waals surface area (Å²) in [4.78, 5) is 16.2. The lowest BCUT2D eigenvalue weighted by atomic mass is 10.2. The lowest BCUT2D eigenvalue weighted by Gasteiger charge is -2.22. The van der Waals surface area contributed by atoms with Crippen molar-refractivity contribution in [2.24, 2.45) is 5.10 Å². The molecule has 18 heavy (non-hydrogen) atoms. The summed E-state index contributed by atoms with van der Waals surface area (Å²) in [5, 5.41) is 5.93. The van der Waals surface area contributed by atoms with Crippen molar-refractivity contribution >= 4 is 32.3 Å². The number of pyridine rings is 1. The van der Waals surface area contributed by atoms with Crippen molar-refractivity contribution < 1.29 is 9.53 Å². The molecule has 1 atom stereocenters. The fourth-order valence-electron chi connectivity index (χ4n) is 1.81. The van der Waals surface area contributed by atoms with E-state index in [0.717, 1.165) is 10.2 Å². The lowest BCUT2D eigenvalue weighted by Crippen LogP contribution is -2.36. The first-order valence-electron chi connectivity index (χ1n) is 5.74. The molecular formula is C12H14BrN3O2. The van der Waals surface area contributed by atoms with Gasteiger partial charge in [-0.25, -0.2) is 14.8 Å². The number of aryl methyl sites for hydroxylation is 1. The minimum atomic E-state index is -0.437.